The van der Waals surface area contributed by atoms with Gasteiger partial charge in [-0.1, -0.05) is 0 Å². The molecule has 0 aromatic heterocycles. The first-order valence-electron chi connectivity index (χ1n) is 4.67. The SMILES string of the molecule is COC(=O)CCNc1ccc(F)cc1C#N. The van der Waals surface area contributed by atoms with Gasteiger partial charge in [0.25, 0.3) is 0 Å². The molecule has 0 heterocycles. The van der Waals surface area contributed by atoms with Crippen molar-refractivity contribution >= 4 is 11.7 Å². The summed E-state index contributed by atoms with van der Waals surface area (Å²) in [7, 11) is 1.31. The Morgan fingerprint density at radius 2 is 2.38 bits per heavy atom. The van der Waals surface area contributed by atoms with Crippen LogP contribution in [0.25, 0.3) is 0 Å². The summed E-state index contributed by atoms with van der Waals surface area (Å²) in [5.41, 5.74) is 0.720. The fourth-order valence-electron chi connectivity index (χ4n) is 1.16. The zero-order chi connectivity index (χ0) is 12.0. The summed E-state index contributed by atoms with van der Waals surface area (Å²) in [6.07, 6.45) is 0.193. The molecule has 1 aromatic carbocycles. The van der Waals surface area contributed by atoms with Crippen LogP contribution >= 0.6 is 0 Å². The Bertz CT molecular complexity index is 426. The Labute approximate surface area is 92.6 Å². The summed E-state index contributed by atoms with van der Waals surface area (Å²) in [5.74, 6) is -0.803. The minimum atomic E-state index is -0.463. The molecule has 4 nitrogen and oxygen atoms in total. The first-order chi connectivity index (χ1) is 7.67. The first-order valence-corrected chi connectivity index (χ1v) is 4.67. The number of ether oxygens (including phenoxy) is 1. The lowest BCUT2D eigenvalue weighted by molar-refractivity contribution is -0.140. The topological polar surface area (TPSA) is 62.1 Å². The Hall–Kier alpha value is -2.09. The molecule has 0 aliphatic rings. The van der Waals surface area contributed by atoms with Crippen LogP contribution in [0.1, 0.15) is 12.0 Å². The monoisotopic (exact) mass is 222 g/mol. The Kier molecular flexibility index (Phi) is 4.28. The van der Waals surface area contributed by atoms with Crippen LogP contribution in [-0.2, 0) is 9.53 Å². The summed E-state index contributed by atoms with van der Waals surface area (Å²) in [4.78, 5) is 10.8. The Balaban J connectivity index is 2.61. The van der Waals surface area contributed by atoms with E-state index in [1.165, 1.54) is 19.2 Å². The van der Waals surface area contributed by atoms with Crippen molar-refractivity contribution in [3.8, 4) is 6.07 Å². The molecule has 0 aliphatic carbocycles. The Morgan fingerprint density at radius 1 is 1.62 bits per heavy atom. The van der Waals surface area contributed by atoms with Crippen molar-refractivity contribution in [3.63, 3.8) is 0 Å². The third-order valence-corrected chi connectivity index (χ3v) is 1.97. The predicted molar refractivity (Wildman–Crippen MR) is 56.2 cm³/mol. The summed E-state index contributed by atoms with van der Waals surface area (Å²) >= 11 is 0. The number of carbonyl (C=O) groups excluding carboxylic acids is 1. The number of hydrogen-bond donors (Lipinski definition) is 1. The molecular formula is C11H11FN2O2. The van der Waals surface area contributed by atoms with Gasteiger partial charge in [-0.2, -0.15) is 5.26 Å². The summed E-state index contributed by atoms with van der Waals surface area (Å²) in [6.45, 7) is 0.340. The molecule has 84 valence electrons. The highest BCUT2D eigenvalue weighted by Gasteiger charge is 2.04. The van der Waals surface area contributed by atoms with E-state index in [2.05, 4.69) is 10.1 Å². The second kappa shape index (κ2) is 5.71. The van der Waals surface area contributed by atoms with Gasteiger partial charge in [0.05, 0.1) is 24.8 Å². The number of rotatable bonds is 4. The van der Waals surface area contributed by atoms with Gasteiger partial charge < -0.3 is 10.1 Å². The van der Waals surface area contributed by atoms with Gasteiger partial charge in [0.15, 0.2) is 0 Å². The van der Waals surface area contributed by atoms with Crippen LogP contribution in [-0.4, -0.2) is 19.6 Å². The summed E-state index contributed by atoms with van der Waals surface area (Å²) < 4.78 is 17.2. The van der Waals surface area contributed by atoms with Crippen molar-refractivity contribution in [1.82, 2.24) is 0 Å². The number of carbonyl (C=O) groups is 1. The highest BCUT2D eigenvalue weighted by atomic mass is 19.1. The molecule has 0 spiro atoms. The third kappa shape index (κ3) is 3.24. The van der Waals surface area contributed by atoms with Crippen molar-refractivity contribution in [2.75, 3.05) is 19.0 Å². The van der Waals surface area contributed by atoms with Crippen LogP contribution in [0.3, 0.4) is 0 Å². The molecule has 0 saturated carbocycles. The summed E-state index contributed by atoms with van der Waals surface area (Å²) in [5, 5.41) is 11.6. The number of anilines is 1. The maximum absolute atomic E-state index is 12.8. The number of hydrogen-bond acceptors (Lipinski definition) is 4. The predicted octanol–water partition coefficient (Wildman–Crippen LogP) is 1.67. The van der Waals surface area contributed by atoms with Crippen LogP contribution < -0.4 is 5.32 Å². The van der Waals surface area contributed by atoms with Gasteiger partial charge in [0.1, 0.15) is 11.9 Å². The average molecular weight is 222 g/mol. The maximum Gasteiger partial charge on any atom is 0.307 e. The van der Waals surface area contributed by atoms with E-state index in [9.17, 15) is 9.18 Å². The van der Waals surface area contributed by atoms with Gasteiger partial charge >= 0.3 is 5.97 Å². The fourth-order valence-corrected chi connectivity index (χ4v) is 1.16. The summed E-state index contributed by atoms with van der Waals surface area (Å²) in [6, 6.07) is 5.72. The minimum absolute atomic E-state index is 0.193. The van der Waals surface area contributed by atoms with E-state index in [4.69, 9.17) is 5.26 Å². The van der Waals surface area contributed by atoms with E-state index in [0.717, 1.165) is 6.07 Å². The van der Waals surface area contributed by atoms with E-state index in [0.29, 0.717) is 12.2 Å². The third-order valence-electron chi connectivity index (χ3n) is 1.97. The van der Waals surface area contributed by atoms with Crippen molar-refractivity contribution < 1.29 is 13.9 Å². The lowest BCUT2D eigenvalue weighted by Gasteiger charge is -2.07. The molecule has 16 heavy (non-hydrogen) atoms. The van der Waals surface area contributed by atoms with E-state index < -0.39 is 5.82 Å². The fraction of sp³-hybridized carbons (Fsp3) is 0.273. The molecule has 0 atom stereocenters. The molecule has 0 saturated heterocycles. The number of benzene rings is 1. The van der Waals surface area contributed by atoms with Gasteiger partial charge in [0.2, 0.25) is 0 Å². The van der Waals surface area contributed by atoms with Crippen molar-refractivity contribution in [3.05, 3.63) is 29.6 Å². The van der Waals surface area contributed by atoms with Gasteiger partial charge in [-0.25, -0.2) is 4.39 Å². The molecule has 0 aliphatic heterocycles. The van der Waals surface area contributed by atoms with Crippen LogP contribution in [0.2, 0.25) is 0 Å². The molecule has 0 fully saturated rings. The van der Waals surface area contributed by atoms with Crippen LogP contribution in [0.5, 0.6) is 0 Å². The smallest absolute Gasteiger partial charge is 0.307 e. The number of esters is 1. The molecule has 1 rings (SSSR count). The van der Waals surface area contributed by atoms with Crippen LogP contribution in [0.15, 0.2) is 18.2 Å². The lowest BCUT2D eigenvalue weighted by atomic mass is 10.2. The largest absolute Gasteiger partial charge is 0.469 e. The molecular weight excluding hydrogens is 211 g/mol. The van der Waals surface area contributed by atoms with Gasteiger partial charge in [-0.15, -0.1) is 0 Å². The zero-order valence-electron chi connectivity index (χ0n) is 8.79. The Morgan fingerprint density at radius 3 is 3.00 bits per heavy atom. The molecule has 1 N–H and O–H groups in total. The van der Waals surface area contributed by atoms with Crippen LogP contribution in [0, 0.1) is 17.1 Å². The van der Waals surface area contributed by atoms with E-state index >= 15 is 0 Å². The second-order valence-corrected chi connectivity index (χ2v) is 3.05. The van der Waals surface area contributed by atoms with E-state index in [1.807, 2.05) is 6.07 Å². The molecule has 0 amide bonds. The normalized spacial score (nSPS) is 9.31. The maximum atomic E-state index is 12.8. The van der Waals surface area contributed by atoms with Crippen LogP contribution in [0.4, 0.5) is 10.1 Å². The van der Waals surface area contributed by atoms with Crippen molar-refractivity contribution in [2.45, 2.75) is 6.42 Å². The van der Waals surface area contributed by atoms with Gasteiger partial charge in [-0.05, 0) is 18.2 Å². The number of halogens is 1. The van der Waals surface area contributed by atoms with Crippen molar-refractivity contribution in [1.29, 1.82) is 5.26 Å². The number of nitriles is 1. The van der Waals surface area contributed by atoms with E-state index in [-0.39, 0.29) is 18.0 Å². The molecule has 5 heteroatoms. The lowest BCUT2D eigenvalue weighted by Crippen LogP contribution is -2.10. The minimum Gasteiger partial charge on any atom is -0.469 e. The molecule has 0 radical (unpaired) electrons. The van der Waals surface area contributed by atoms with Gasteiger partial charge in [0, 0.05) is 6.54 Å². The van der Waals surface area contributed by atoms with E-state index in [1.54, 1.807) is 0 Å². The van der Waals surface area contributed by atoms with Crippen molar-refractivity contribution in [2.24, 2.45) is 0 Å². The number of methoxy groups -OCH3 is 1. The van der Waals surface area contributed by atoms with Gasteiger partial charge in [-0.3, -0.25) is 4.79 Å². The molecule has 0 bridgehead atoms. The average Bonchev–Trinajstić information content (AvgIpc) is 2.30. The molecule has 0 unspecified atom stereocenters. The standard InChI is InChI=1S/C11H11FN2O2/c1-16-11(15)4-5-14-10-3-2-9(12)6-8(10)7-13/h2-3,6,14H,4-5H2,1H3. The highest BCUT2D eigenvalue weighted by Crippen LogP contribution is 2.15. The first kappa shape index (κ1) is 12.0. The number of nitrogens with zero attached hydrogens (tertiary/aromatic N) is 1. The zero-order valence-corrected chi connectivity index (χ0v) is 8.79. The second-order valence-electron chi connectivity index (χ2n) is 3.05. The highest BCUT2D eigenvalue weighted by molar-refractivity contribution is 5.70. The quantitative estimate of drug-likeness (QED) is 0.787. The molecule has 1 aromatic rings. The number of nitrogens with one attached hydrogen (secondary N) is 1.